The van der Waals surface area contributed by atoms with Gasteiger partial charge in [-0.2, -0.15) is 0 Å². The van der Waals surface area contributed by atoms with E-state index in [4.69, 9.17) is 14.5 Å². The van der Waals surface area contributed by atoms with E-state index in [-0.39, 0.29) is 17.8 Å². The first-order valence-electron chi connectivity index (χ1n) is 9.88. The van der Waals surface area contributed by atoms with Gasteiger partial charge >= 0.3 is 5.97 Å². The molecule has 1 aromatic rings. The zero-order valence-corrected chi connectivity index (χ0v) is 16.8. The highest BCUT2D eigenvalue weighted by molar-refractivity contribution is 5.82. The fourth-order valence-corrected chi connectivity index (χ4v) is 3.29. The lowest BCUT2D eigenvalue weighted by molar-refractivity contribution is -0.145. The average molecular weight is 376 g/mol. The molecule has 2 rings (SSSR count). The molecule has 0 radical (unpaired) electrons. The zero-order valence-electron chi connectivity index (χ0n) is 16.8. The molecule has 0 amide bonds. The van der Waals surface area contributed by atoms with Gasteiger partial charge in [-0.05, 0) is 31.2 Å². The van der Waals surface area contributed by atoms with Crippen LogP contribution in [0.5, 0.6) is 0 Å². The molecule has 0 spiro atoms. The Morgan fingerprint density at radius 2 is 2.04 bits per heavy atom. The van der Waals surface area contributed by atoms with Gasteiger partial charge in [0.05, 0.1) is 19.6 Å². The van der Waals surface area contributed by atoms with Crippen molar-refractivity contribution in [2.45, 2.75) is 33.3 Å². The first kappa shape index (κ1) is 21.2. The second-order valence-corrected chi connectivity index (χ2v) is 6.99. The quantitative estimate of drug-likeness (QED) is 0.311. The molecule has 150 valence electrons. The molecule has 1 fully saturated rings. The highest BCUT2D eigenvalue weighted by atomic mass is 16.5. The van der Waals surface area contributed by atoms with Crippen molar-refractivity contribution in [3.05, 3.63) is 35.9 Å². The summed E-state index contributed by atoms with van der Waals surface area (Å²) in [6.07, 6.45) is 1.96. The maximum Gasteiger partial charge on any atom is 0.310 e. The minimum Gasteiger partial charge on any atom is -0.469 e. The van der Waals surface area contributed by atoms with Gasteiger partial charge < -0.3 is 19.7 Å². The monoisotopic (exact) mass is 375 g/mol. The number of methoxy groups -OCH3 is 1. The number of ether oxygens (including phenoxy) is 2. The van der Waals surface area contributed by atoms with Crippen LogP contribution in [0.25, 0.3) is 0 Å². The van der Waals surface area contributed by atoms with Crippen molar-refractivity contribution in [1.82, 2.24) is 10.2 Å². The predicted molar refractivity (Wildman–Crippen MR) is 108 cm³/mol. The fourth-order valence-electron chi connectivity index (χ4n) is 3.29. The summed E-state index contributed by atoms with van der Waals surface area (Å²) < 4.78 is 10.6. The van der Waals surface area contributed by atoms with E-state index in [0.29, 0.717) is 13.2 Å². The van der Waals surface area contributed by atoms with Gasteiger partial charge in [0.15, 0.2) is 5.96 Å². The third-order valence-corrected chi connectivity index (χ3v) is 4.82. The smallest absolute Gasteiger partial charge is 0.310 e. The van der Waals surface area contributed by atoms with Crippen LogP contribution in [0.15, 0.2) is 35.3 Å². The summed E-state index contributed by atoms with van der Waals surface area (Å²) in [5.41, 5.74) is 1.20. The fraction of sp³-hybridized carbons (Fsp3) is 0.619. The molecule has 27 heavy (non-hydrogen) atoms. The maximum atomic E-state index is 11.9. The Hall–Kier alpha value is -2.08. The molecular formula is C21H33N3O3. The van der Waals surface area contributed by atoms with E-state index in [9.17, 15) is 4.79 Å². The number of rotatable bonds is 9. The van der Waals surface area contributed by atoms with E-state index in [1.54, 1.807) is 0 Å². The lowest BCUT2D eigenvalue weighted by Crippen LogP contribution is -2.40. The van der Waals surface area contributed by atoms with E-state index in [0.717, 1.165) is 45.0 Å². The lowest BCUT2D eigenvalue weighted by Gasteiger charge is -2.21. The summed E-state index contributed by atoms with van der Waals surface area (Å²) in [6, 6.07) is 10.2. The Kier molecular flexibility index (Phi) is 9.11. The number of benzene rings is 1. The van der Waals surface area contributed by atoms with Crippen LogP contribution in [0.3, 0.4) is 0 Å². The molecule has 1 aromatic carbocycles. The highest BCUT2D eigenvalue weighted by Crippen LogP contribution is 2.24. The Morgan fingerprint density at radius 3 is 2.74 bits per heavy atom. The van der Waals surface area contributed by atoms with Crippen molar-refractivity contribution < 1.29 is 14.3 Å². The summed E-state index contributed by atoms with van der Waals surface area (Å²) in [5.74, 6) is 0.954. The molecule has 0 saturated carbocycles. The Balaban J connectivity index is 1.71. The largest absolute Gasteiger partial charge is 0.469 e. The number of unbranched alkanes of at least 4 members (excludes halogenated alkanes) is 1. The number of likely N-dealkylation sites (tertiary alicyclic amines) is 1. The van der Waals surface area contributed by atoms with Crippen LogP contribution in [-0.2, 0) is 20.9 Å². The van der Waals surface area contributed by atoms with Crippen molar-refractivity contribution in [3.8, 4) is 0 Å². The third-order valence-electron chi connectivity index (χ3n) is 4.82. The Bertz CT molecular complexity index is 592. The Morgan fingerprint density at radius 1 is 1.26 bits per heavy atom. The zero-order chi connectivity index (χ0) is 19.5. The van der Waals surface area contributed by atoms with Crippen molar-refractivity contribution in [3.63, 3.8) is 0 Å². The molecule has 6 nitrogen and oxygen atoms in total. The van der Waals surface area contributed by atoms with Crippen molar-refractivity contribution >= 4 is 11.9 Å². The molecule has 1 aliphatic heterocycles. The first-order valence-corrected chi connectivity index (χ1v) is 9.88. The molecule has 1 aliphatic rings. The molecule has 1 saturated heterocycles. The number of hydrogen-bond donors (Lipinski definition) is 1. The SMILES string of the molecule is CCNC(=NCCCCOCc1ccccc1)N1CC(C)C(C(=O)OC)C1. The van der Waals surface area contributed by atoms with Crippen LogP contribution in [0.4, 0.5) is 0 Å². The number of esters is 1. The van der Waals surface area contributed by atoms with Gasteiger partial charge in [-0.25, -0.2) is 0 Å². The van der Waals surface area contributed by atoms with Gasteiger partial charge in [0.25, 0.3) is 0 Å². The maximum absolute atomic E-state index is 11.9. The van der Waals surface area contributed by atoms with E-state index >= 15 is 0 Å². The molecule has 2 atom stereocenters. The molecular weight excluding hydrogens is 342 g/mol. The number of nitrogens with zero attached hydrogens (tertiary/aromatic N) is 2. The van der Waals surface area contributed by atoms with Crippen LogP contribution < -0.4 is 5.32 Å². The summed E-state index contributed by atoms with van der Waals surface area (Å²) >= 11 is 0. The number of hydrogen-bond acceptors (Lipinski definition) is 4. The van der Waals surface area contributed by atoms with Crippen LogP contribution in [-0.4, -0.2) is 56.7 Å². The van der Waals surface area contributed by atoms with Gasteiger partial charge in [-0.1, -0.05) is 37.3 Å². The van der Waals surface area contributed by atoms with Gasteiger partial charge in [0.1, 0.15) is 0 Å². The van der Waals surface area contributed by atoms with Gasteiger partial charge in [-0.15, -0.1) is 0 Å². The number of carbonyl (C=O) groups excluding carboxylic acids is 1. The van der Waals surface area contributed by atoms with Crippen LogP contribution >= 0.6 is 0 Å². The average Bonchev–Trinajstić information content (AvgIpc) is 3.08. The minimum atomic E-state index is -0.128. The van der Waals surface area contributed by atoms with E-state index in [1.165, 1.54) is 12.7 Å². The Labute approximate surface area is 162 Å². The van der Waals surface area contributed by atoms with Crippen LogP contribution in [0.2, 0.25) is 0 Å². The molecule has 2 unspecified atom stereocenters. The second kappa shape index (κ2) is 11.6. The number of carbonyl (C=O) groups is 1. The molecule has 6 heteroatoms. The summed E-state index contributed by atoms with van der Waals surface area (Å²) in [5, 5.41) is 3.34. The summed E-state index contributed by atoms with van der Waals surface area (Å²) in [4.78, 5) is 18.8. The van der Waals surface area contributed by atoms with Crippen LogP contribution in [0, 0.1) is 11.8 Å². The predicted octanol–water partition coefficient (Wildman–Crippen LogP) is 2.69. The molecule has 0 aliphatic carbocycles. The van der Waals surface area contributed by atoms with Gasteiger partial charge in [-0.3, -0.25) is 9.79 Å². The normalized spacial score (nSPS) is 20.0. The number of guanidine groups is 1. The molecule has 1 heterocycles. The van der Waals surface area contributed by atoms with Crippen LogP contribution in [0.1, 0.15) is 32.3 Å². The van der Waals surface area contributed by atoms with E-state index in [2.05, 4.69) is 36.2 Å². The van der Waals surface area contributed by atoms with Crippen molar-refractivity contribution in [2.75, 3.05) is 39.9 Å². The lowest BCUT2D eigenvalue weighted by atomic mass is 9.99. The topological polar surface area (TPSA) is 63.2 Å². The molecule has 0 bridgehead atoms. The third kappa shape index (κ3) is 6.86. The van der Waals surface area contributed by atoms with Gasteiger partial charge in [0.2, 0.25) is 0 Å². The molecule has 1 N–H and O–H groups in total. The summed E-state index contributed by atoms with van der Waals surface area (Å²) in [7, 11) is 1.46. The van der Waals surface area contributed by atoms with Crippen molar-refractivity contribution in [2.24, 2.45) is 16.8 Å². The van der Waals surface area contributed by atoms with Crippen molar-refractivity contribution in [1.29, 1.82) is 0 Å². The van der Waals surface area contributed by atoms with Gasteiger partial charge in [0, 0.05) is 32.8 Å². The number of nitrogens with one attached hydrogen (secondary N) is 1. The standard InChI is InChI=1S/C21H33N3O3/c1-4-22-21(24-14-17(2)19(15-24)20(25)26-3)23-12-8-9-13-27-16-18-10-6-5-7-11-18/h5-7,10-11,17,19H,4,8-9,12-16H2,1-3H3,(H,22,23). The highest BCUT2D eigenvalue weighted by Gasteiger charge is 2.36. The van der Waals surface area contributed by atoms with E-state index in [1.807, 2.05) is 18.2 Å². The van der Waals surface area contributed by atoms with E-state index < -0.39 is 0 Å². The second-order valence-electron chi connectivity index (χ2n) is 6.99. The minimum absolute atomic E-state index is 0.0785. The number of aliphatic imine (C=N–C) groups is 1. The molecule has 0 aromatic heterocycles. The summed E-state index contributed by atoms with van der Waals surface area (Å²) in [6.45, 7) is 8.61. The first-order chi connectivity index (χ1) is 13.2.